The number of hydrogen-bond acceptors (Lipinski definition) is 5. The molecule has 3 aliphatic rings. The number of amides is 3. The number of likely N-dealkylation sites (N-methyl/N-ethyl adjacent to an activating group) is 1. The number of rotatable bonds is 5. The molecule has 8 nitrogen and oxygen atoms in total. The monoisotopic (exact) mass is 420 g/mol. The van der Waals surface area contributed by atoms with E-state index in [1.165, 1.54) is 16.0 Å². The topological polar surface area (TPSA) is 98.8 Å². The Morgan fingerprint density at radius 3 is 2.21 bits per heavy atom. The molecule has 29 heavy (non-hydrogen) atoms. The van der Waals surface area contributed by atoms with E-state index < -0.39 is 21.3 Å². The lowest BCUT2D eigenvalue weighted by Crippen LogP contribution is -2.60. The average Bonchev–Trinajstić information content (AvgIpc) is 3.25. The highest BCUT2D eigenvalue weighted by Crippen LogP contribution is 2.38. The second-order valence-corrected chi connectivity index (χ2v) is 10.4. The summed E-state index contributed by atoms with van der Waals surface area (Å²) < 4.78 is 27.3. The molecule has 0 radical (unpaired) electrons. The molecule has 0 aromatic heterocycles. The van der Waals surface area contributed by atoms with Gasteiger partial charge in [0.1, 0.15) is 5.25 Å². The van der Waals surface area contributed by atoms with Crippen molar-refractivity contribution in [1.82, 2.24) is 14.5 Å². The Hall–Kier alpha value is -2.13. The van der Waals surface area contributed by atoms with Gasteiger partial charge < -0.3 is 10.2 Å². The third-order valence-corrected chi connectivity index (χ3v) is 7.81. The number of carbonyl (C=O) groups is 2. The summed E-state index contributed by atoms with van der Waals surface area (Å²) in [5.74, 6) is -0.0710. The molecule has 158 valence electrons. The van der Waals surface area contributed by atoms with Gasteiger partial charge in [-0.1, -0.05) is 6.07 Å². The molecule has 1 aromatic carbocycles. The molecule has 4 rings (SSSR count). The van der Waals surface area contributed by atoms with Crippen LogP contribution in [0.3, 0.4) is 0 Å². The van der Waals surface area contributed by atoms with Crippen molar-refractivity contribution < 1.29 is 18.0 Å². The van der Waals surface area contributed by atoms with Crippen LogP contribution in [-0.2, 0) is 40.5 Å². The zero-order chi connectivity index (χ0) is 20.8. The molecule has 1 heterocycles. The number of fused-ring (bicyclic) bond motifs is 2. The smallest absolute Gasteiger partial charge is 0.332 e. The largest absolute Gasteiger partial charge is 0.348 e. The van der Waals surface area contributed by atoms with Crippen molar-refractivity contribution in [3.05, 3.63) is 28.3 Å². The quantitative estimate of drug-likeness (QED) is 0.737. The molecule has 2 N–H and O–H groups in total. The average molecular weight is 421 g/mol. The number of nitrogens with one attached hydrogen (secondary N) is 2. The molecular formula is C20H28N4O4S. The van der Waals surface area contributed by atoms with E-state index in [4.69, 9.17) is 0 Å². The molecule has 0 unspecified atom stereocenters. The summed E-state index contributed by atoms with van der Waals surface area (Å²) in [6.45, 7) is 0.685. The molecule has 1 aliphatic heterocycles. The maximum Gasteiger partial charge on any atom is 0.332 e. The van der Waals surface area contributed by atoms with Gasteiger partial charge in [0.15, 0.2) is 0 Å². The SMILES string of the molecule is CN(C)C(=O)CN1CC(S(=O)(=O)NC(=O)Nc2c3c(cc4c2CCC4)CCC3)C1. The minimum atomic E-state index is -3.79. The zero-order valence-electron chi connectivity index (χ0n) is 17.0. The van der Waals surface area contributed by atoms with Crippen LogP contribution >= 0.6 is 0 Å². The Morgan fingerprint density at radius 2 is 1.66 bits per heavy atom. The molecule has 0 atom stereocenters. The van der Waals surface area contributed by atoms with Crippen LogP contribution in [-0.4, -0.2) is 69.1 Å². The number of aryl methyl sites for hydroxylation is 2. The Bertz CT molecular complexity index is 919. The number of sulfonamides is 1. The first kappa shape index (κ1) is 20.2. The Balaban J connectivity index is 1.39. The van der Waals surface area contributed by atoms with Gasteiger partial charge in [0, 0.05) is 32.9 Å². The van der Waals surface area contributed by atoms with Gasteiger partial charge >= 0.3 is 6.03 Å². The summed E-state index contributed by atoms with van der Waals surface area (Å²) >= 11 is 0. The van der Waals surface area contributed by atoms with Gasteiger partial charge in [0.2, 0.25) is 15.9 Å². The van der Waals surface area contributed by atoms with Crippen molar-refractivity contribution in [3.8, 4) is 0 Å². The lowest BCUT2D eigenvalue weighted by atomic mass is 9.99. The van der Waals surface area contributed by atoms with Crippen molar-refractivity contribution in [3.63, 3.8) is 0 Å². The molecule has 1 aromatic rings. The van der Waals surface area contributed by atoms with Crippen LogP contribution < -0.4 is 10.0 Å². The highest BCUT2D eigenvalue weighted by atomic mass is 32.2. The highest BCUT2D eigenvalue weighted by molar-refractivity contribution is 7.90. The summed E-state index contributed by atoms with van der Waals surface area (Å²) in [5.41, 5.74) is 5.71. The summed E-state index contributed by atoms with van der Waals surface area (Å²) in [7, 11) is -0.457. The number of likely N-dealkylation sites (tertiary alicyclic amines) is 1. The van der Waals surface area contributed by atoms with Gasteiger partial charge in [-0.2, -0.15) is 0 Å². The van der Waals surface area contributed by atoms with E-state index in [1.807, 2.05) is 0 Å². The Kier molecular flexibility index (Phi) is 5.29. The van der Waals surface area contributed by atoms with E-state index in [1.54, 1.807) is 19.0 Å². The second kappa shape index (κ2) is 7.60. The number of urea groups is 1. The summed E-state index contributed by atoms with van der Waals surface area (Å²) in [6.07, 6.45) is 6.00. The first-order valence-corrected chi connectivity index (χ1v) is 11.7. The maximum absolute atomic E-state index is 12.6. The Morgan fingerprint density at radius 1 is 1.07 bits per heavy atom. The van der Waals surface area contributed by atoms with Gasteiger partial charge in [0.05, 0.1) is 6.54 Å². The molecule has 2 aliphatic carbocycles. The van der Waals surface area contributed by atoms with Crippen LogP contribution in [0.5, 0.6) is 0 Å². The van der Waals surface area contributed by atoms with Crippen molar-refractivity contribution in [2.24, 2.45) is 0 Å². The summed E-state index contributed by atoms with van der Waals surface area (Å²) in [5, 5.41) is 2.17. The van der Waals surface area contributed by atoms with Crippen LogP contribution in [0.1, 0.15) is 35.1 Å². The molecule has 1 saturated heterocycles. The predicted molar refractivity (Wildman–Crippen MR) is 110 cm³/mol. The maximum atomic E-state index is 12.6. The van der Waals surface area contributed by atoms with Crippen LogP contribution in [0.15, 0.2) is 6.07 Å². The molecule has 9 heteroatoms. The van der Waals surface area contributed by atoms with E-state index in [2.05, 4.69) is 16.1 Å². The number of hydrogen-bond donors (Lipinski definition) is 2. The molecule has 0 bridgehead atoms. The highest BCUT2D eigenvalue weighted by Gasteiger charge is 2.39. The molecule has 0 spiro atoms. The molecule has 3 amide bonds. The van der Waals surface area contributed by atoms with E-state index in [-0.39, 0.29) is 25.5 Å². The fourth-order valence-corrected chi connectivity index (χ4v) is 5.79. The van der Waals surface area contributed by atoms with Gasteiger partial charge in [-0.05, 0) is 60.8 Å². The third-order valence-electron chi connectivity index (χ3n) is 6.17. The zero-order valence-corrected chi connectivity index (χ0v) is 17.8. The fraction of sp³-hybridized carbons (Fsp3) is 0.600. The van der Waals surface area contributed by atoms with Crippen molar-refractivity contribution in [2.45, 2.75) is 43.8 Å². The third kappa shape index (κ3) is 3.98. The fourth-order valence-electron chi connectivity index (χ4n) is 4.50. The van der Waals surface area contributed by atoms with Gasteiger partial charge in [0.25, 0.3) is 0 Å². The van der Waals surface area contributed by atoms with Crippen molar-refractivity contribution >= 4 is 27.6 Å². The van der Waals surface area contributed by atoms with Crippen LogP contribution in [0.2, 0.25) is 0 Å². The van der Waals surface area contributed by atoms with Gasteiger partial charge in [-0.3, -0.25) is 9.69 Å². The number of nitrogens with zero attached hydrogens (tertiary/aromatic N) is 2. The number of anilines is 1. The first-order chi connectivity index (χ1) is 13.7. The lowest BCUT2D eigenvalue weighted by molar-refractivity contribution is -0.130. The molecule has 1 fully saturated rings. The number of carbonyl (C=O) groups excluding carboxylic acids is 2. The van der Waals surface area contributed by atoms with E-state index in [9.17, 15) is 18.0 Å². The van der Waals surface area contributed by atoms with Gasteiger partial charge in [-0.15, -0.1) is 0 Å². The van der Waals surface area contributed by atoms with E-state index in [0.29, 0.717) is 0 Å². The summed E-state index contributed by atoms with van der Waals surface area (Å²) in [6, 6.07) is 1.57. The van der Waals surface area contributed by atoms with E-state index in [0.717, 1.165) is 55.3 Å². The van der Waals surface area contributed by atoms with E-state index >= 15 is 0 Å². The summed E-state index contributed by atoms with van der Waals surface area (Å²) in [4.78, 5) is 27.5. The Labute approximate surface area is 171 Å². The van der Waals surface area contributed by atoms with Crippen LogP contribution in [0.25, 0.3) is 0 Å². The lowest BCUT2D eigenvalue weighted by Gasteiger charge is -2.38. The van der Waals surface area contributed by atoms with Crippen LogP contribution in [0, 0.1) is 0 Å². The normalized spacial score (nSPS) is 18.7. The minimum absolute atomic E-state index is 0.0710. The predicted octanol–water partition coefficient (Wildman–Crippen LogP) is 0.888. The second-order valence-electron chi connectivity index (χ2n) is 8.44. The molecular weight excluding hydrogens is 392 g/mol. The molecule has 0 saturated carbocycles. The first-order valence-electron chi connectivity index (χ1n) is 10.2. The van der Waals surface area contributed by atoms with Crippen molar-refractivity contribution in [2.75, 3.05) is 39.0 Å². The van der Waals surface area contributed by atoms with Crippen LogP contribution in [0.4, 0.5) is 10.5 Å². The standard InChI is InChI=1S/C20H28N4O4S/c1-23(2)18(25)12-24-10-15(11-24)29(27,28)22-20(26)21-19-16-7-3-5-13(16)9-14-6-4-8-17(14)19/h9,15H,3-8,10-12H2,1-2H3,(H2,21,22,26). The van der Waals surface area contributed by atoms with Crippen molar-refractivity contribution in [1.29, 1.82) is 0 Å². The number of benzene rings is 1. The van der Waals surface area contributed by atoms with Gasteiger partial charge in [-0.25, -0.2) is 17.9 Å². The minimum Gasteiger partial charge on any atom is -0.348 e.